The second-order valence-electron chi connectivity index (χ2n) is 4.02. The second kappa shape index (κ2) is 4.02. The van der Waals surface area contributed by atoms with Crippen molar-refractivity contribution < 1.29 is 9.90 Å². The molecular weight excluding hydrogens is 194 g/mol. The summed E-state index contributed by atoms with van der Waals surface area (Å²) in [7, 11) is 2.06. The van der Waals surface area contributed by atoms with Crippen molar-refractivity contribution in [3.63, 3.8) is 0 Å². The summed E-state index contributed by atoms with van der Waals surface area (Å²) in [6, 6.07) is 0.248. The molecule has 0 aromatic carbocycles. The molecule has 0 bridgehead atoms. The minimum absolute atomic E-state index is 0.148. The first-order chi connectivity index (χ1) is 7.18. The molecule has 5 nitrogen and oxygen atoms in total. The van der Waals surface area contributed by atoms with Gasteiger partial charge in [0.15, 0.2) is 0 Å². The van der Waals surface area contributed by atoms with Crippen LogP contribution in [-0.4, -0.2) is 45.7 Å². The van der Waals surface area contributed by atoms with Crippen LogP contribution in [0.2, 0.25) is 0 Å². The Morgan fingerprint density at radius 1 is 1.67 bits per heavy atom. The summed E-state index contributed by atoms with van der Waals surface area (Å²) in [5.74, 6) is -0.802. The molecule has 2 rings (SSSR count). The molecule has 1 aliphatic rings. The Balaban J connectivity index is 2.21. The van der Waals surface area contributed by atoms with E-state index in [4.69, 9.17) is 5.11 Å². The maximum Gasteiger partial charge on any atom is 0.372 e. The Kier molecular flexibility index (Phi) is 2.73. The Morgan fingerprint density at radius 2 is 2.47 bits per heavy atom. The lowest BCUT2D eigenvalue weighted by Crippen LogP contribution is -2.34. The van der Waals surface area contributed by atoms with Crippen LogP contribution < -0.4 is 0 Å². The number of carbonyl (C=O) groups is 1. The lowest BCUT2D eigenvalue weighted by atomic mass is 10.1. The monoisotopic (exact) mass is 209 g/mol. The van der Waals surface area contributed by atoms with E-state index in [0.29, 0.717) is 0 Å². The van der Waals surface area contributed by atoms with Crippen LogP contribution in [0.25, 0.3) is 0 Å². The van der Waals surface area contributed by atoms with Crippen molar-refractivity contribution in [2.24, 2.45) is 0 Å². The van der Waals surface area contributed by atoms with Crippen molar-refractivity contribution in [2.75, 3.05) is 20.1 Å². The average Bonchev–Trinajstić information content (AvgIpc) is 2.65. The number of carboxylic acids is 1. The minimum atomic E-state index is -0.951. The van der Waals surface area contributed by atoms with Crippen molar-refractivity contribution in [1.29, 1.82) is 0 Å². The summed E-state index contributed by atoms with van der Waals surface area (Å²) in [6.45, 7) is 1.99. The standard InChI is InChI=1S/C10H15N3O2/c1-12-5-2-3-8(7-12)13-6-4-11-9(13)10(14)15/h4,6,8H,2-3,5,7H2,1H3,(H,14,15). The van der Waals surface area contributed by atoms with Crippen molar-refractivity contribution in [3.8, 4) is 0 Å². The molecule has 1 unspecified atom stereocenters. The molecule has 82 valence electrons. The van der Waals surface area contributed by atoms with E-state index in [1.165, 1.54) is 0 Å². The van der Waals surface area contributed by atoms with E-state index in [9.17, 15) is 4.79 Å². The van der Waals surface area contributed by atoms with E-state index >= 15 is 0 Å². The molecule has 5 heteroatoms. The zero-order valence-corrected chi connectivity index (χ0v) is 8.76. The number of aromatic nitrogens is 2. The van der Waals surface area contributed by atoms with Crippen LogP contribution in [0.3, 0.4) is 0 Å². The predicted molar refractivity (Wildman–Crippen MR) is 55.0 cm³/mol. The third-order valence-electron chi connectivity index (χ3n) is 2.85. The summed E-state index contributed by atoms with van der Waals surface area (Å²) >= 11 is 0. The molecule has 1 atom stereocenters. The molecule has 1 aromatic heterocycles. The van der Waals surface area contributed by atoms with Gasteiger partial charge in [0.05, 0.1) is 0 Å². The first kappa shape index (κ1) is 10.2. The Labute approximate surface area is 88.3 Å². The van der Waals surface area contributed by atoms with Crippen molar-refractivity contribution in [3.05, 3.63) is 18.2 Å². The van der Waals surface area contributed by atoms with Gasteiger partial charge in [-0.15, -0.1) is 0 Å². The number of rotatable bonds is 2. The van der Waals surface area contributed by atoms with E-state index in [1.54, 1.807) is 17.0 Å². The van der Waals surface area contributed by atoms with Gasteiger partial charge in [0.2, 0.25) is 5.82 Å². The van der Waals surface area contributed by atoms with E-state index in [0.717, 1.165) is 25.9 Å². The molecule has 1 saturated heterocycles. The summed E-state index contributed by atoms with van der Waals surface area (Å²) in [6.07, 6.45) is 5.45. The Morgan fingerprint density at radius 3 is 3.13 bits per heavy atom. The zero-order valence-electron chi connectivity index (χ0n) is 8.76. The first-order valence-corrected chi connectivity index (χ1v) is 5.13. The van der Waals surface area contributed by atoms with Gasteiger partial charge in [0, 0.05) is 25.0 Å². The van der Waals surface area contributed by atoms with Crippen LogP contribution in [0.1, 0.15) is 29.5 Å². The van der Waals surface area contributed by atoms with Crippen molar-refractivity contribution in [1.82, 2.24) is 14.5 Å². The molecule has 0 radical (unpaired) electrons. The minimum Gasteiger partial charge on any atom is -0.475 e. The molecule has 0 saturated carbocycles. The van der Waals surface area contributed by atoms with E-state index in [-0.39, 0.29) is 11.9 Å². The van der Waals surface area contributed by atoms with Crippen LogP contribution in [0.4, 0.5) is 0 Å². The van der Waals surface area contributed by atoms with E-state index < -0.39 is 5.97 Å². The number of nitrogens with zero attached hydrogens (tertiary/aromatic N) is 3. The van der Waals surface area contributed by atoms with Crippen LogP contribution in [0.15, 0.2) is 12.4 Å². The summed E-state index contributed by atoms with van der Waals surface area (Å²) < 4.78 is 1.78. The SMILES string of the molecule is CN1CCCC(n2ccnc2C(=O)O)C1. The number of imidazole rings is 1. The molecule has 1 fully saturated rings. The van der Waals surface area contributed by atoms with Crippen LogP contribution in [0, 0.1) is 0 Å². The van der Waals surface area contributed by atoms with Gasteiger partial charge in [-0.05, 0) is 26.4 Å². The summed E-state index contributed by atoms with van der Waals surface area (Å²) in [5, 5.41) is 8.95. The molecule has 0 spiro atoms. The van der Waals surface area contributed by atoms with Crippen LogP contribution >= 0.6 is 0 Å². The normalized spacial score (nSPS) is 22.9. The highest BCUT2D eigenvalue weighted by Gasteiger charge is 2.22. The lowest BCUT2D eigenvalue weighted by Gasteiger charge is -2.30. The van der Waals surface area contributed by atoms with Gasteiger partial charge in [-0.1, -0.05) is 0 Å². The third-order valence-corrected chi connectivity index (χ3v) is 2.85. The van der Waals surface area contributed by atoms with E-state index in [2.05, 4.69) is 16.9 Å². The van der Waals surface area contributed by atoms with Gasteiger partial charge in [-0.3, -0.25) is 0 Å². The molecule has 1 N–H and O–H groups in total. The fraction of sp³-hybridized carbons (Fsp3) is 0.600. The molecule has 15 heavy (non-hydrogen) atoms. The predicted octanol–water partition coefficient (Wildman–Crippen LogP) is 0.848. The molecule has 2 heterocycles. The fourth-order valence-electron chi connectivity index (χ4n) is 2.14. The number of hydrogen-bond donors (Lipinski definition) is 1. The largest absolute Gasteiger partial charge is 0.475 e. The number of carboxylic acid groups (broad SMARTS) is 1. The number of likely N-dealkylation sites (tertiary alicyclic amines) is 1. The highest BCUT2D eigenvalue weighted by Crippen LogP contribution is 2.21. The quantitative estimate of drug-likeness (QED) is 0.784. The van der Waals surface area contributed by atoms with Crippen LogP contribution in [-0.2, 0) is 0 Å². The highest BCUT2D eigenvalue weighted by atomic mass is 16.4. The van der Waals surface area contributed by atoms with Gasteiger partial charge in [-0.25, -0.2) is 9.78 Å². The van der Waals surface area contributed by atoms with E-state index in [1.807, 2.05) is 0 Å². The molecule has 0 amide bonds. The van der Waals surface area contributed by atoms with Gasteiger partial charge in [0.25, 0.3) is 0 Å². The number of likely N-dealkylation sites (N-methyl/N-ethyl adjacent to an activating group) is 1. The van der Waals surface area contributed by atoms with Crippen molar-refractivity contribution in [2.45, 2.75) is 18.9 Å². The number of hydrogen-bond acceptors (Lipinski definition) is 3. The fourth-order valence-corrected chi connectivity index (χ4v) is 2.14. The summed E-state index contributed by atoms with van der Waals surface area (Å²) in [5.41, 5.74) is 0. The van der Waals surface area contributed by atoms with Gasteiger partial charge < -0.3 is 14.6 Å². The number of aromatic carboxylic acids is 1. The zero-order chi connectivity index (χ0) is 10.8. The molecule has 1 aliphatic heterocycles. The van der Waals surface area contributed by atoms with Gasteiger partial charge in [0.1, 0.15) is 0 Å². The molecule has 0 aliphatic carbocycles. The molecular formula is C10H15N3O2. The lowest BCUT2D eigenvalue weighted by molar-refractivity contribution is 0.0671. The Hall–Kier alpha value is -1.36. The third kappa shape index (κ3) is 2.02. The smallest absolute Gasteiger partial charge is 0.372 e. The first-order valence-electron chi connectivity index (χ1n) is 5.13. The maximum absolute atomic E-state index is 10.9. The molecule has 1 aromatic rings. The Bertz CT molecular complexity index is 361. The van der Waals surface area contributed by atoms with Gasteiger partial charge in [-0.2, -0.15) is 0 Å². The average molecular weight is 209 g/mol. The summed E-state index contributed by atoms with van der Waals surface area (Å²) in [4.78, 5) is 17.0. The van der Waals surface area contributed by atoms with Crippen LogP contribution in [0.5, 0.6) is 0 Å². The number of piperidine rings is 1. The van der Waals surface area contributed by atoms with Crippen molar-refractivity contribution >= 4 is 5.97 Å². The highest BCUT2D eigenvalue weighted by molar-refractivity contribution is 5.83. The van der Waals surface area contributed by atoms with Gasteiger partial charge >= 0.3 is 5.97 Å². The topological polar surface area (TPSA) is 58.4 Å². The maximum atomic E-state index is 10.9. The second-order valence-corrected chi connectivity index (χ2v) is 4.02.